The van der Waals surface area contributed by atoms with Crippen molar-refractivity contribution in [2.24, 2.45) is 23.7 Å². The SMILES string of the molecule is CC(C)C1CC2CCC21. The Morgan fingerprint density at radius 3 is 2.11 bits per heavy atom. The normalized spacial score (nSPS) is 47.7. The van der Waals surface area contributed by atoms with Crippen LogP contribution >= 0.6 is 0 Å². The van der Waals surface area contributed by atoms with Gasteiger partial charge in [0.05, 0.1) is 0 Å². The third-order valence-corrected chi connectivity index (χ3v) is 3.46. The summed E-state index contributed by atoms with van der Waals surface area (Å²) in [6, 6.07) is 0. The minimum Gasteiger partial charge on any atom is -0.0625 e. The molecular formula is C9H16. The molecule has 0 heterocycles. The molecule has 2 aliphatic carbocycles. The van der Waals surface area contributed by atoms with Crippen molar-refractivity contribution in [3.05, 3.63) is 0 Å². The first-order chi connectivity index (χ1) is 4.29. The largest absolute Gasteiger partial charge is 0.0625 e. The maximum absolute atomic E-state index is 2.37. The molecule has 3 unspecified atom stereocenters. The van der Waals surface area contributed by atoms with Crippen LogP contribution in [0.15, 0.2) is 0 Å². The van der Waals surface area contributed by atoms with Crippen molar-refractivity contribution < 1.29 is 0 Å². The summed E-state index contributed by atoms with van der Waals surface area (Å²) >= 11 is 0. The molecular weight excluding hydrogens is 108 g/mol. The second kappa shape index (κ2) is 1.74. The Morgan fingerprint density at radius 2 is 2.00 bits per heavy atom. The molecule has 3 atom stereocenters. The van der Waals surface area contributed by atoms with E-state index in [-0.39, 0.29) is 0 Å². The second-order valence-electron chi connectivity index (χ2n) is 4.14. The Labute approximate surface area is 57.6 Å². The Hall–Kier alpha value is 0. The van der Waals surface area contributed by atoms with E-state index in [1.807, 2.05) is 0 Å². The zero-order valence-corrected chi connectivity index (χ0v) is 6.43. The summed E-state index contributed by atoms with van der Waals surface area (Å²) in [7, 11) is 0. The van der Waals surface area contributed by atoms with Crippen LogP contribution < -0.4 is 0 Å². The van der Waals surface area contributed by atoms with Crippen molar-refractivity contribution in [3.8, 4) is 0 Å². The van der Waals surface area contributed by atoms with Gasteiger partial charge < -0.3 is 0 Å². The van der Waals surface area contributed by atoms with Crippen LogP contribution in [-0.4, -0.2) is 0 Å². The molecule has 0 saturated heterocycles. The smallest absolute Gasteiger partial charge is 0.0355 e. The summed E-state index contributed by atoms with van der Waals surface area (Å²) in [5.41, 5.74) is 0. The Morgan fingerprint density at radius 1 is 1.22 bits per heavy atom. The summed E-state index contributed by atoms with van der Waals surface area (Å²) in [4.78, 5) is 0. The highest BCUT2D eigenvalue weighted by Gasteiger charge is 2.47. The highest BCUT2D eigenvalue weighted by Crippen LogP contribution is 2.56. The predicted molar refractivity (Wildman–Crippen MR) is 39.2 cm³/mol. The van der Waals surface area contributed by atoms with Gasteiger partial charge in [-0.15, -0.1) is 0 Å². The molecule has 2 saturated carbocycles. The summed E-state index contributed by atoms with van der Waals surface area (Å²) in [6.07, 6.45) is 4.66. The average Bonchev–Trinajstić information content (AvgIpc) is 1.76. The van der Waals surface area contributed by atoms with Crippen LogP contribution in [0.25, 0.3) is 0 Å². The quantitative estimate of drug-likeness (QED) is 0.504. The van der Waals surface area contributed by atoms with Gasteiger partial charge >= 0.3 is 0 Å². The van der Waals surface area contributed by atoms with Crippen molar-refractivity contribution in [1.82, 2.24) is 0 Å². The monoisotopic (exact) mass is 124 g/mol. The molecule has 0 nitrogen and oxygen atoms in total. The average molecular weight is 124 g/mol. The van der Waals surface area contributed by atoms with E-state index in [1.54, 1.807) is 19.3 Å². The third-order valence-electron chi connectivity index (χ3n) is 3.46. The van der Waals surface area contributed by atoms with E-state index in [2.05, 4.69) is 13.8 Å². The number of rotatable bonds is 1. The van der Waals surface area contributed by atoms with Crippen molar-refractivity contribution in [2.45, 2.75) is 33.1 Å². The van der Waals surface area contributed by atoms with E-state index < -0.39 is 0 Å². The van der Waals surface area contributed by atoms with Gasteiger partial charge in [0.2, 0.25) is 0 Å². The topological polar surface area (TPSA) is 0 Å². The van der Waals surface area contributed by atoms with Crippen LogP contribution in [0, 0.1) is 23.7 Å². The summed E-state index contributed by atoms with van der Waals surface area (Å²) in [5, 5.41) is 0. The standard InChI is InChI=1S/C9H16/c1-6(2)9-5-7-3-4-8(7)9/h6-9H,3-5H2,1-2H3. The summed E-state index contributed by atoms with van der Waals surface area (Å²) < 4.78 is 0. The predicted octanol–water partition coefficient (Wildman–Crippen LogP) is 2.69. The fourth-order valence-electron chi connectivity index (χ4n) is 2.55. The molecule has 2 fully saturated rings. The zero-order valence-electron chi connectivity index (χ0n) is 6.43. The summed E-state index contributed by atoms with van der Waals surface area (Å²) in [5.74, 6) is 4.43. The molecule has 0 aromatic heterocycles. The van der Waals surface area contributed by atoms with E-state index in [0.29, 0.717) is 0 Å². The molecule has 0 radical (unpaired) electrons. The van der Waals surface area contributed by atoms with Gasteiger partial charge in [0.15, 0.2) is 0 Å². The van der Waals surface area contributed by atoms with Gasteiger partial charge in [-0.1, -0.05) is 13.8 Å². The van der Waals surface area contributed by atoms with Crippen molar-refractivity contribution >= 4 is 0 Å². The van der Waals surface area contributed by atoms with E-state index >= 15 is 0 Å². The van der Waals surface area contributed by atoms with E-state index in [9.17, 15) is 0 Å². The number of hydrogen-bond donors (Lipinski definition) is 0. The fourth-order valence-corrected chi connectivity index (χ4v) is 2.55. The van der Waals surface area contributed by atoms with Crippen LogP contribution in [0.1, 0.15) is 33.1 Å². The van der Waals surface area contributed by atoms with Gasteiger partial charge in [-0.05, 0) is 42.9 Å². The molecule has 2 aliphatic rings. The van der Waals surface area contributed by atoms with Crippen molar-refractivity contribution in [3.63, 3.8) is 0 Å². The lowest BCUT2D eigenvalue weighted by molar-refractivity contribution is -0.0501. The zero-order chi connectivity index (χ0) is 6.43. The highest BCUT2D eigenvalue weighted by atomic mass is 14.5. The molecule has 0 heteroatoms. The lowest BCUT2D eigenvalue weighted by Gasteiger charge is -2.55. The van der Waals surface area contributed by atoms with Gasteiger partial charge in [0.25, 0.3) is 0 Å². The lowest BCUT2D eigenvalue weighted by Crippen LogP contribution is -2.46. The molecule has 0 amide bonds. The maximum Gasteiger partial charge on any atom is -0.0355 e. The second-order valence-corrected chi connectivity index (χ2v) is 4.14. The van der Waals surface area contributed by atoms with Gasteiger partial charge in [0.1, 0.15) is 0 Å². The van der Waals surface area contributed by atoms with Gasteiger partial charge in [0, 0.05) is 0 Å². The molecule has 9 heavy (non-hydrogen) atoms. The Kier molecular flexibility index (Phi) is 1.12. The third kappa shape index (κ3) is 0.653. The van der Waals surface area contributed by atoms with Crippen LogP contribution in [0.5, 0.6) is 0 Å². The van der Waals surface area contributed by atoms with Gasteiger partial charge in [-0.25, -0.2) is 0 Å². The van der Waals surface area contributed by atoms with E-state index in [0.717, 1.165) is 11.8 Å². The molecule has 0 bridgehead atoms. The van der Waals surface area contributed by atoms with Crippen molar-refractivity contribution in [1.29, 1.82) is 0 Å². The summed E-state index contributed by atoms with van der Waals surface area (Å²) in [6.45, 7) is 4.75. The van der Waals surface area contributed by atoms with Gasteiger partial charge in [-0.2, -0.15) is 0 Å². The maximum atomic E-state index is 2.37. The molecule has 2 rings (SSSR count). The Balaban J connectivity index is 1.90. The van der Waals surface area contributed by atoms with Crippen LogP contribution in [-0.2, 0) is 0 Å². The first kappa shape index (κ1) is 5.76. The van der Waals surface area contributed by atoms with Crippen LogP contribution in [0.2, 0.25) is 0 Å². The number of hydrogen-bond acceptors (Lipinski definition) is 0. The highest BCUT2D eigenvalue weighted by molar-refractivity contribution is 4.97. The molecule has 0 aromatic carbocycles. The number of fused-ring (bicyclic) bond motifs is 1. The minimum atomic E-state index is 0.964. The fraction of sp³-hybridized carbons (Fsp3) is 1.00. The lowest BCUT2D eigenvalue weighted by atomic mass is 9.51. The molecule has 0 aromatic rings. The molecule has 52 valence electrons. The molecule has 0 spiro atoms. The van der Waals surface area contributed by atoms with Crippen LogP contribution in [0.4, 0.5) is 0 Å². The van der Waals surface area contributed by atoms with Crippen molar-refractivity contribution in [2.75, 3.05) is 0 Å². The van der Waals surface area contributed by atoms with E-state index in [1.165, 1.54) is 11.8 Å². The molecule has 0 N–H and O–H groups in total. The van der Waals surface area contributed by atoms with Crippen LogP contribution in [0.3, 0.4) is 0 Å². The Bertz CT molecular complexity index is 115. The molecule has 0 aliphatic heterocycles. The van der Waals surface area contributed by atoms with Gasteiger partial charge in [-0.3, -0.25) is 0 Å². The minimum absolute atomic E-state index is 0.964. The first-order valence-electron chi connectivity index (χ1n) is 4.29. The van der Waals surface area contributed by atoms with E-state index in [4.69, 9.17) is 0 Å². The first-order valence-corrected chi connectivity index (χ1v) is 4.29.